The second-order valence-electron chi connectivity index (χ2n) is 8.80. The zero-order chi connectivity index (χ0) is 31.9. The van der Waals surface area contributed by atoms with Crippen molar-refractivity contribution in [2.24, 2.45) is 7.05 Å². The highest BCUT2D eigenvalue weighted by molar-refractivity contribution is 7.86. The molecule has 4 aromatic rings. The molecular weight excluding hydrogens is 580 g/mol. The Kier molecular flexibility index (Phi) is 14.5. The number of carbonyl (C=O) groups excluding carboxylic acids is 2. The molecular formula is C30H34N2O8S2. The van der Waals surface area contributed by atoms with Crippen molar-refractivity contribution in [3.63, 3.8) is 0 Å². The van der Waals surface area contributed by atoms with Crippen molar-refractivity contribution in [3.8, 4) is 0 Å². The van der Waals surface area contributed by atoms with Gasteiger partial charge in [-0.3, -0.25) is 18.8 Å². The van der Waals surface area contributed by atoms with Crippen LogP contribution >= 0.6 is 0 Å². The van der Waals surface area contributed by atoms with Crippen LogP contribution in [0.1, 0.15) is 45.7 Å². The van der Waals surface area contributed by atoms with Crippen LogP contribution < -0.4 is 4.57 Å². The summed E-state index contributed by atoms with van der Waals surface area (Å²) in [6, 6.07) is 19.3. The molecule has 0 bridgehead atoms. The molecule has 0 atom stereocenters. The minimum absolute atomic E-state index is 0.0809. The molecule has 0 unspecified atom stereocenters. The van der Waals surface area contributed by atoms with Gasteiger partial charge < -0.3 is 4.55 Å². The number of benzene rings is 2. The van der Waals surface area contributed by atoms with Crippen LogP contribution in [0.15, 0.2) is 107 Å². The summed E-state index contributed by atoms with van der Waals surface area (Å²) in [5.74, 6) is 0.193. The van der Waals surface area contributed by atoms with Crippen LogP contribution in [-0.2, 0) is 31.5 Å². The van der Waals surface area contributed by atoms with E-state index in [1.165, 1.54) is 31.2 Å². The Labute approximate surface area is 247 Å². The molecule has 0 aliphatic carbocycles. The molecule has 10 nitrogen and oxygen atoms in total. The second kappa shape index (κ2) is 17.0. The predicted octanol–water partition coefficient (Wildman–Crippen LogP) is 4.23. The number of nitrogens with zero attached hydrogens (tertiary/aromatic N) is 2. The first-order valence-electron chi connectivity index (χ1n) is 12.3. The predicted molar refractivity (Wildman–Crippen MR) is 156 cm³/mol. The highest BCUT2D eigenvalue weighted by Gasteiger charge is 2.11. The van der Waals surface area contributed by atoms with E-state index >= 15 is 0 Å². The van der Waals surface area contributed by atoms with E-state index in [2.05, 4.69) is 9.17 Å². The van der Waals surface area contributed by atoms with Crippen molar-refractivity contribution in [1.29, 1.82) is 0 Å². The Morgan fingerprint density at radius 2 is 1.07 bits per heavy atom. The first kappa shape index (κ1) is 35.9. The van der Waals surface area contributed by atoms with E-state index in [0.717, 1.165) is 23.8 Å². The smallest absolute Gasteiger partial charge is 0.296 e. The molecule has 42 heavy (non-hydrogen) atoms. The molecule has 0 aliphatic rings. The number of pyridine rings is 2. The van der Waals surface area contributed by atoms with Crippen LogP contribution in [-0.4, -0.2) is 45.0 Å². The average Bonchev–Trinajstić information content (AvgIpc) is 2.95. The molecule has 0 spiro atoms. The summed E-state index contributed by atoms with van der Waals surface area (Å²) in [5.41, 5.74) is 3.42. The highest BCUT2D eigenvalue weighted by atomic mass is 32.2. The minimum atomic E-state index is -4.27. The van der Waals surface area contributed by atoms with E-state index in [9.17, 15) is 31.0 Å². The fourth-order valence-electron chi connectivity index (χ4n) is 2.83. The number of aromatic nitrogens is 2. The van der Waals surface area contributed by atoms with E-state index in [4.69, 9.17) is 0 Å². The van der Waals surface area contributed by atoms with Crippen molar-refractivity contribution in [3.05, 3.63) is 120 Å². The molecule has 2 heterocycles. The Balaban J connectivity index is 0.000000281. The Hall–Kier alpha value is -4.10. The molecule has 0 N–H and O–H groups in total. The van der Waals surface area contributed by atoms with Crippen LogP contribution in [0.5, 0.6) is 0 Å². The Bertz CT molecular complexity index is 1640. The second-order valence-corrected chi connectivity index (χ2v) is 11.9. The van der Waals surface area contributed by atoms with Gasteiger partial charge in [-0.15, -0.1) is 0 Å². The van der Waals surface area contributed by atoms with Gasteiger partial charge in [0, 0.05) is 35.7 Å². The summed E-state index contributed by atoms with van der Waals surface area (Å²) < 4.78 is 59.6. The number of hydrogen-bond donors (Lipinski definition) is 0. The van der Waals surface area contributed by atoms with Gasteiger partial charge in [0.15, 0.2) is 24.0 Å². The summed E-state index contributed by atoms with van der Waals surface area (Å²) in [6.45, 7) is 6.81. The third-order valence-corrected chi connectivity index (χ3v) is 7.45. The Morgan fingerprint density at radius 1 is 0.690 bits per heavy atom. The van der Waals surface area contributed by atoms with Gasteiger partial charge in [-0.05, 0) is 64.1 Å². The van der Waals surface area contributed by atoms with Gasteiger partial charge in [-0.2, -0.15) is 8.42 Å². The first-order chi connectivity index (χ1) is 19.6. The summed E-state index contributed by atoms with van der Waals surface area (Å²) in [5, 5.41) is 0. The minimum Gasteiger partial charge on any atom is -0.744 e. The standard InChI is InChI=1S/C8H10NO.C8H10O3S.C7H7NO.C7H8O3S/c1-7(10)8-3-5-9(2)6-4-8;1-7-3-5-8(6-4-7)12(9,10)11-2;1-6(9)7-2-4-8-5-3-7;1-6-2-4-7(5-3-6)11(8,9)10/h3-6H,1-2H3;3-6H,1-2H3;2-5H,1H3;2-5H,1H3,(H,8,9,10)/q+1;;;/p-1. The summed E-state index contributed by atoms with van der Waals surface area (Å²) in [7, 11) is -4.72. The lowest BCUT2D eigenvalue weighted by molar-refractivity contribution is -0.671. The molecule has 2 aromatic carbocycles. The SMILES string of the molecule is CC(=O)c1cc[n+](C)cc1.CC(=O)c1ccncc1.COS(=O)(=O)c1ccc(C)cc1.Cc1ccc(S(=O)(=O)[O-])cc1. The topological polar surface area (TPSA) is 151 Å². The van der Waals surface area contributed by atoms with Gasteiger partial charge in [0.1, 0.15) is 17.2 Å². The molecule has 224 valence electrons. The number of rotatable bonds is 5. The lowest BCUT2D eigenvalue weighted by atomic mass is 10.2. The third-order valence-electron chi connectivity index (χ3n) is 5.31. The van der Waals surface area contributed by atoms with Crippen LogP contribution in [0.2, 0.25) is 0 Å². The van der Waals surface area contributed by atoms with Gasteiger partial charge >= 0.3 is 0 Å². The van der Waals surface area contributed by atoms with E-state index in [-0.39, 0.29) is 21.4 Å². The monoisotopic (exact) mass is 614 g/mol. The van der Waals surface area contributed by atoms with Crippen LogP contribution in [0.4, 0.5) is 0 Å². The Morgan fingerprint density at radius 3 is 1.40 bits per heavy atom. The van der Waals surface area contributed by atoms with Gasteiger partial charge in [-0.1, -0.05) is 35.4 Å². The first-order valence-corrected chi connectivity index (χ1v) is 15.2. The van der Waals surface area contributed by atoms with Gasteiger partial charge in [0.25, 0.3) is 10.1 Å². The van der Waals surface area contributed by atoms with Gasteiger partial charge in [0.2, 0.25) is 0 Å². The van der Waals surface area contributed by atoms with Crippen molar-refractivity contribution in [2.45, 2.75) is 37.5 Å². The molecule has 0 fully saturated rings. The molecule has 0 aliphatic heterocycles. The summed E-state index contributed by atoms with van der Waals surface area (Å²) in [6.07, 6.45) is 6.93. The van der Waals surface area contributed by atoms with E-state index in [1.54, 1.807) is 55.7 Å². The molecule has 2 aromatic heterocycles. The molecule has 0 amide bonds. The van der Waals surface area contributed by atoms with Crippen LogP contribution in [0.25, 0.3) is 0 Å². The quantitative estimate of drug-likeness (QED) is 0.139. The van der Waals surface area contributed by atoms with Crippen molar-refractivity contribution in [1.82, 2.24) is 4.98 Å². The fraction of sp³-hybridized carbons (Fsp3) is 0.200. The highest BCUT2D eigenvalue weighted by Crippen LogP contribution is 2.11. The largest absolute Gasteiger partial charge is 0.744 e. The maximum Gasteiger partial charge on any atom is 0.296 e. The maximum absolute atomic E-state index is 11.1. The zero-order valence-corrected chi connectivity index (χ0v) is 25.8. The van der Waals surface area contributed by atoms with E-state index < -0.39 is 20.2 Å². The fourth-order valence-corrected chi connectivity index (χ4v) is 3.96. The third kappa shape index (κ3) is 13.5. The molecule has 0 radical (unpaired) electrons. The van der Waals surface area contributed by atoms with Crippen molar-refractivity contribution in [2.75, 3.05) is 7.11 Å². The normalized spacial score (nSPS) is 10.5. The molecule has 0 saturated heterocycles. The lowest BCUT2D eigenvalue weighted by Crippen LogP contribution is -2.26. The van der Waals surface area contributed by atoms with Crippen LogP contribution in [0.3, 0.4) is 0 Å². The van der Waals surface area contributed by atoms with Crippen molar-refractivity contribution >= 4 is 31.8 Å². The van der Waals surface area contributed by atoms with Gasteiger partial charge in [-0.25, -0.2) is 13.0 Å². The number of Topliss-reactive ketones (excluding diaryl/α,β-unsaturated/α-hetero) is 2. The number of carbonyl (C=O) groups is 2. The molecule has 4 rings (SSSR count). The van der Waals surface area contributed by atoms with Crippen molar-refractivity contribution < 1.29 is 39.7 Å². The lowest BCUT2D eigenvalue weighted by Gasteiger charge is -2.05. The number of aryl methyl sites for hydroxylation is 3. The van der Waals surface area contributed by atoms with E-state index in [1.807, 2.05) is 50.0 Å². The van der Waals surface area contributed by atoms with Gasteiger partial charge in [0.05, 0.1) is 16.9 Å². The molecule has 0 saturated carbocycles. The summed E-state index contributed by atoms with van der Waals surface area (Å²) in [4.78, 5) is 25.2. The van der Waals surface area contributed by atoms with Crippen LogP contribution in [0, 0.1) is 13.8 Å². The average molecular weight is 615 g/mol. The number of ketones is 2. The maximum atomic E-state index is 11.1. The molecule has 12 heteroatoms. The van der Waals surface area contributed by atoms with E-state index in [0.29, 0.717) is 5.56 Å². The number of hydrogen-bond acceptors (Lipinski definition) is 9. The zero-order valence-electron chi connectivity index (χ0n) is 24.2. The summed E-state index contributed by atoms with van der Waals surface area (Å²) >= 11 is 0.